The van der Waals surface area contributed by atoms with E-state index >= 15 is 0 Å². The number of rotatable bonds is 3. The number of nitro groups is 1. The molecule has 0 amide bonds. The van der Waals surface area contributed by atoms with Crippen molar-refractivity contribution < 1.29 is 14.8 Å². The van der Waals surface area contributed by atoms with E-state index in [2.05, 4.69) is 10.1 Å². The second-order valence-electron chi connectivity index (χ2n) is 4.00. The number of carboxylic acids is 1. The van der Waals surface area contributed by atoms with E-state index in [1.54, 1.807) is 14.0 Å². The Morgan fingerprint density at radius 1 is 1.47 bits per heavy atom. The maximum atomic E-state index is 11.0. The van der Waals surface area contributed by atoms with Gasteiger partial charge in [-0.2, -0.15) is 5.10 Å². The molecule has 0 fully saturated rings. The molecule has 0 bridgehead atoms. The van der Waals surface area contributed by atoms with Crippen molar-refractivity contribution in [1.82, 2.24) is 19.3 Å². The molecule has 9 nitrogen and oxygen atoms in total. The molecule has 9 heteroatoms. The molecular formula is C10H11N5O4. The summed E-state index contributed by atoms with van der Waals surface area (Å²) in [7, 11) is 1.60. The van der Waals surface area contributed by atoms with Crippen molar-refractivity contribution in [2.45, 2.75) is 13.8 Å². The Labute approximate surface area is 107 Å². The Balaban J connectivity index is 2.68. The highest BCUT2D eigenvalue weighted by atomic mass is 16.6. The van der Waals surface area contributed by atoms with Gasteiger partial charge in [0.15, 0.2) is 0 Å². The van der Waals surface area contributed by atoms with E-state index in [0.717, 1.165) is 4.68 Å². The summed E-state index contributed by atoms with van der Waals surface area (Å²) in [6, 6.07) is 0. The van der Waals surface area contributed by atoms with Crippen molar-refractivity contribution in [3.8, 4) is 5.82 Å². The molecule has 2 heterocycles. The highest BCUT2D eigenvalue weighted by Gasteiger charge is 2.27. The Morgan fingerprint density at radius 3 is 2.58 bits per heavy atom. The quantitative estimate of drug-likeness (QED) is 0.649. The number of aromatic nitrogens is 4. The highest BCUT2D eigenvalue weighted by Crippen LogP contribution is 2.23. The summed E-state index contributed by atoms with van der Waals surface area (Å²) < 4.78 is 2.65. The summed E-state index contributed by atoms with van der Waals surface area (Å²) in [5.74, 6) is -0.936. The first-order valence-corrected chi connectivity index (χ1v) is 5.30. The van der Waals surface area contributed by atoms with Crippen LogP contribution in [0.15, 0.2) is 6.20 Å². The van der Waals surface area contributed by atoms with E-state index < -0.39 is 10.9 Å². The number of imidazole rings is 1. The van der Waals surface area contributed by atoms with E-state index in [1.807, 2.05) is 0 Å². The van der Waals surface area contributed by atoms with Crippen molar-refractivity contribution in [2.24, 2.45) is 7.05 Å². The Morgan fingerprint density at radius 2 is 2.11 bits per heavy atom. The topological polar surface area (TPSA) is 116 Å². The van der Waals surface area contributed by atoms with Gasteiger partial charge >= 0.3 is 11.8 Å². The summed E-state index contributed by atoms with van der Waals surface area (Å²) in [6.45, 7) is 3.14. The lowest BCUT2D eigenvalue weighted by atomic mass is 10.3. The molecule has 0 aliphatic heterocycles. The molecule has 0 unspecified atom stereocenters. The zero-order chi connectivity index (χ0) is 14.3. The average Bonchev–Trinajstić information content (AvgIpc) is 2.81. The fraction of sp³-hybridized carbons (Fsp3) is 0.300. The first-order valence-electron chi connectivity index (χ1n) is 5.30. The predicted octanol–water partition coefficient (Wildman–Crippen LogP) is 0.829. The summed E-state index contributed by atoms with van der Waals surface area (Å²) in [5.41, 5.74) is 0.272. The predicted molar refractivity (Wildman–Crippen MR) is 63.4 cm³/mol. The van der Waals surface area contributed by atoms with Gasteiger partial charge in [0.25, 0.3) is 0 Å². The molecular weight excluding hydrogens is 254 g/mol. The number of carbonyl (C=O) groups is 1. The molecule has 0 saturated heterocycles. The molecule has 100 valence electrons. The minimum Gasteiger partial charge on any atom is -0.478 e. The van der Waals surface area contributed by atoms with Crippen molar-refractivity contribution in [3.63, 3.8) is 0 Å². The molecule has 0 aliphatic carbocycles. The average molecular weight is 265 g/mol. The van der Waals surface area contributed by atoms with E-state index in [-0.39, 0.29) is 22.9 Å². The van der Waals surface area contributed by atoms with Gasteiger partial charge in [0.2, 0.25) is 11.6 Å². The third-order valence-corrected chi connectivity index (χ3v) is 2.79. The van der Waals surface area contributed by atoms with Crippen LogP contribution < -0.4 is 0 Å². The smallest absolute Gasteiger partial charge is 0.409 e. The molecule has 0 saturated carbocycles. The monoisotopic (exact) mass is 265 g/mol. The molecule has 2 aromatic rings. The van der Waals surface area contributed by atoms with Gasteiger partial charge in [0.05, 0.1) is 5.69 Å². The van der Waals surface area contributed by atoms with Crippen LogP contribution in [0.4, 0.5) is 5.82 Å². The van der Waals surface area contributed by atoms with Crippen LogP contribution in [0.2, 0.25) is 0 Å². The van der Waals surface area contributed by atoms with E-state index in [4.69, 9.17) is 5.11 Å². The van der Waals surface area contributed by atoms with Gasteiger partial charge in [-0.1, -0.05) is 0 Å². The lowest BCUT2D eigenvalue weighted by Crippen LogP contribution is -2.06. The molecule has 19 heavy (non-hydrogen) atoms. The molecule has 0 aliphatic rings. The Kier molecular flexibility index (Phi) is 2.81. The largest absolute Gasteiger partial charge is 0.478 e. The number of aryl methyl sites for hydroxylation is 2. The lowest BCUT2D eigenvalue weighted by Gasteiger charge is -2.01. The third-order valence-electron chi connectivity index (χ3n) is 2.79. The number of carboxylic acid groups (broad SMARTS) is 1. The number of hydrogen-bond acceptors (Lipinski definition) is 5. The number of hydrogen-bond donors (Lipinski definition) is 1. The van der Waals surface area contributed by atoms with Crippen LogP contribution in [0, 0.1) is 24.0 Å². The van der Waals surface area contributed by atoms with Crippen LogP contribution in [0.3, 0.4) is 0 Å². The molecule has 1 N–H and O–H groups in total. The van der Waals surface area contributed by atoms with Gasteiger partial charge in [-0.05, 0) is 16.8 Å². The zero-order valence-electron chi connectivity index (χ0n) is 10.5. The second kappa shape index (κ2) is 4.19. The molecule has 0 radical (unpaired) electrons. The molecule has 2 rings (SSSR count). The van der Waals surface area contributed by atoms with Gasteiger partial charge in [0.1, 0.15) is 5.56 Å². The van der Waals surface area contributed by atoms with Crippen molar-refractivity contribution in [3.05, 3.63) is 33.4 Å². The first-order chi connectivity index (χ1) is 8.82. The summed E-state index contributed by atoms with van der Waals surface area (Å²) >= 11 is 0. The van der Waals surface area contributed by atoms with Crippen molar-refractivity contribution in [1.29, 1.82) is 0 Å². The third kappa shape index (κ3) is 1.94. The minimum atomic E-state index is -1.13. The summed E-state index contributed by atoms with van der Waals surface area (Å²) in [6.07, 6.45) is 1.24. The Hall–Kier alpha value is -2.71. The van der Waals surface area contributed by atoms with E-state index in [9.17, 15) is 14.9 Å². The summed E-state index contributed by atoms with van der Waals surface area (Å²) in [5, 5.41) is 23.9. The minimum absolute atomic E-state index is 0.00634. The van der Waals surface area contributed by atoms with Gasteiger partial charge in [0, 0.05) is 20.2 Å². The van der Waals surface area contributed by atoms with Crippen molar-refractivity contribution >= 4 is 11.8 Å². The van der Waals surface area contributed by atoms with Crippen LogP contribution >= 0.6 is 0 Å². The van der Waals surface area contributed by atoms with E-state index in [0.29, 0.717) is 5.82 Å². The highest BCUT2D eigenvalue weighted by molar-refractivity contribution is 5.88. The molecule has 0 aromatic carbocycles. The van der Waals surface area contributed by atoms with E-state index in [1.165, 1.54) is 17.7 Å². The van der Waals surface area contributed by atoms with Gasteiger partial charge in [-0.3, -0.25) is 4.57 Å². The SMILES string of the molecule is Cc1nn(-c2c([N+](=O)[O-])nc(C)n2C)cc1C(=O)O. The Bertz CT molecular complexity index is 684. The molecule has 0 spiro atoms. The maximum Gasteiger partial charge on any atom is 0.409 e. The van der Waals surface area contributed by atoms with Crippen LogP contribution in [0.25, 0.3) is 5.82 Å². The van der Waals surface area contributed by atoms with Gasteiger partial charge < -0.3 is 15.2 Å². The normalized spacial score (nSPS) is 10.7. The fourth-order valence-corrected chi connectivity index (χ4v) is 1.74. The van der Waals surface area contributed by atoms with Gasteiger partial charge in [-0.15, -0.1) is 0 Å². The molecule has 0 atom stereocenters. The maximum absolute atomic E-state index is 11.0. The number of aromatic carboxylic acids is 1. The van der Waals surface area contributed by atoms with Crippen LogP contribution in [-0.4, -0.2) is 35.3 Å². The number of nitrogens with zero attached hydrogens (tertiary/aromatic N) is 5. The van der Waals surface area contributed by atoms with Crippen LogP contribution in [0.1, 0.15) is 21.9 Å². The zero-order valence-corrected chi connectivity index (χ0v) is 10.5. The fourth-order valence-electron chi connectivity index (χ4n) is 1.74. The summed E-state index contributed by atoms with van der Waals surface area (Å²) in [4.78, 5) is 25.1. The van der Waals surface area contributed by atoms with Crippen LogP contribution in [-0.2, 0) is 7.05 Å². The first kappa shape index (κ1) is 12.7. The standard InChI is InChI=1S/C10H11N5O4/c1-5-7(10(16)17)4-14(12-5)9-8(15(18)19)11-6(2)13(9)3/h4H,1-3H3,(H,16,17). The van der Waals surface area contributed by atoms with Crippen LogP contribution in [0.5, 0.6) is 0 Å². The second-order valence-corrected chi connectivity index (χ2v) is 4.00. The molecule has 2 aromatic heterocycles. The van der Waals surface area contributed by atoms with Crippen molar-refractivity contribution in [2.75, 3.05) is 0 Å². The van der Waals surface area contributed by atoms with Gasteiger partial charge in [-0.25, -0.2) is 9.48 Å². The lowest BCUT2D eigenvalue weighted by molar-refractivity contribution is -0.389.